The third kappa shape index (κ3) is 2.44. The SMILES string of the molecule is Nc1n[nH]c2ccc(C(CF)c3cc(F)cc(F)c3)cc12. The Kier molecular flexibility index (Phi) is 3.29. The van der Waals surface area contributed by atoms with Crippen molar-refractivity contribution in [2.24, 2.45) is 0 Å². The molecule has 1 atom stereocenters. The van der Waals surface area contributed by atoms with Gasteiger partial charge in [0.15, 0.2) is 5.82 Å². The fourth-order valence-corrected chi connectivity index (χ4v) is 2.42. The van der Waals surface area contributed by atoms with Crippen molar-refractivity contribution in [1.29, 1.82) is 0 Å². The summed E-state index contributed by atoms with van der Waals surface area (Å²) in [5.41, 5.74) is 7.27. The highest BCUT2D eigenvalue weighted by atomic mass is 19.1. The predicted molar refractivity (Wildman–Crippen MR) is 74.7 cm³/mol. The first kappa shape index (κ1) is 13.5. The molecule has 0 aliphatic rings. The Balaban J connectivity index is 2.10. The van der Waals surface area contributed by atoms with Crippen molar-refractivity contribution in [3.63, 3.8) is 0 Å². The third-order valence-electron chi connectivity index (χ3n) is 3.46. The first-order valence-electron chi connectivity index (χ1n) is 6.34. The van der Waals surface area contributed by atoms with Gasteiger partial charge in [-0.3, -0.25) is 9.49 Å². The number of nitrogens with zero attached hydrogens (tertiary/aromatic N) is 1. The maximum atomic E-state index is 13.4. The molecule has 0 spiro atoms. The molecule has 0 aliphatic heterocycles. The van der Waals surface area contributed by atoms with Crippen LogP contribution in [0.2, 0.25) is 0 Å². The van der Waals surface area contributed by atoms with Crippen molar-refractivity contribution in [3.05, 3.63) is 59.2 Å². The third-order valence-corrected chi connectivity index (χ3v) is 3.46. The van der Waals surface area contributed by atoms with E-state index in [4.69, 9.17) is 5.73 Å². The maximum absolute atomic E-state index is 13.4. The number of halogens is 3. The van der Waals surface area contributed by atoms with Crippen LogP contribution in [0.3, 0.4) is 0 Å². The first-order chi connectivity index (χ1) is 10.1. The molecule has 0 amide bonds. The molecule has 1 unspecified atom stereocenters. The van der Waals surface area contributed by atoms with E-state index in [-0.39, 0.29) is 5.56 Å². The van der Waals surface area contributed by atoms with Crippen molar-refractivity contribution in [2.45, 2.75) is 5.92 Å². The van der Waals surface area contributed by atoms with Gasteiger partial charge in [0.2, 0.25) is 0 Å². The Morgan fingerprint density at radius 2 is 1.76 bits per heavy atom. The van der Waals surface area contributed by atoms with Crippen molar-refractivity contribution >= 4 is 16.7 Å². The zero-order valence-electron chi connectivity index (χ0n) is 10.9. The van der Waals surface area contributed by atoms with Gasteiger partial charge in [-0.1, -0.05) is 6.07 Å². The molecule has 1 heterocycles. The topological polar surface area (TPSA) is 54.7 Å². The van der Waals surface area contributed by atoms with Gasteiger partial charge in [-0.2, -0.15) is 5.10 Å². The number of alkyl halides is 1. The molecule has 3 nitrogen and oxygen atoms in total. The van der Waals surface area contributed by atoms with Crippen molar-refractivity contribution < 1.29 is 13.2 Å². The fraction of sp³-hybridized carbons (Fsp3) is 0.133. The zero-order valence-corrected chi connectivity index (χ0v) is 10.9. The Labute approximate surface area is 118 Å². The van der Waals surface area contributed by atoms with E-state index in [0.717, 1.165) is 23.7 Å². The standard InChI is InChI=1S/C15H12F3N3/c16-7-13(9-3-10(17)6-11(18)4-9)8-1-2-14-12(5-8)15(19)21-20-14/h1-6,13H,7H2,(H3,19,20,21). The minimum atomic E-state index is -0.772. The maximum Gasteiger partial charge on any atom is 0.153 e. The van der Waals surface area contributed by atoms with Crippen molar-refractivity contribution in [3.8, 4) is 0 Å². The zero-order chi connectivity index (χ0) is 15.0. The number of aromatic amines is 1. The lowest BCUT2D eigenvalue weighted by Crippen LogP contribution is -2.04. The summed E-state index contributed by atoms with van der Waals surface area (Å²) in [5.74, 6) is -1.91. The van der Waals surface area contributed by atoms with Crippen LogP contribution >= 0.6 is 0 Å². The van der Waals surface area contributed by atoms with Crippen LogP contribution in [0.1, 0.15) is 17.0 Å². The molecule has 6 heteroatoms. The Morgan fingerprint density at radius 1 is 1.05 bits per heavy atom. The number of benzene rings is 2. The van der Waals surface area contributed by atoms with Crippen molar-refractivity contribution in [1.82, 2.24) is 10.2 Å². The summed E-state index contributed by atoms with van der Waals surface area (Å²) >= 11 is 0. The van der Waals surface area contributed by atoms with E-state index in [1.807, 2.05) is 0 Å². The highest BCUT2D eigenvalue weighted by Gasteiger charge is 2.17. The fourth-order valence-electron chi connectivity index (χ4n) is 2.42. The number of hydrogen-bond donors (Lipinski definition) is 2. The Bertz CT molecular complexity index is 778. The smallest absolute Gasteiger partial charge is 0.153 e. The number of fused-ring (bicyclic) bond motifs is 1. The van der Waals surface area contributed by atoms with Gasteiger partial charge in [0, 0.05) is 17.4 Å². The number of anilines is 1. The van der Waals surface area contributed by atoms with Crippen LogP contribution in [0.4, 0.5) is 19.0 Å². The number of hydrogen-bond acceptors (Lipinski definition) is 2. The van der Waals surface area contributed by atoms with Crippen LogP contribution in [0.5, 0.6) is 0 Å². The van der Waals surface area contributed by atoms with Crippen LogP contribution in [0.25, 0.3) is 10.9 Å². The quantitative estimate of drug-likeness (QED) is 0.775. The first-order valence-corrected chi connectivity index (χ1v) is 6.34. The molecule has 21 heavy (non-hydrogen) atoms. The van der Waals surface area contributed by atoms with Gasteiger partial charge < -0.3 is 5.73 Å². The van der Waals surface area contributed by atoms with Crippen LogP contribution in [0.15, 0.2) is 36.4 Å². The van der Waals surface area contributed by atoms with Crippen LogP contribution < -0.4 is 5.73 Å². The normalized spacial score (nSPS) is 12.7. The minimum Gasteiger partial charge on any atom is -0.382 e. The van der Waals surface area contributed by atoms with E-state index in [1.165, 1.54) is 0 Å². The van der Waals surface area contributed by atoms with E-state index in [0.29, 0.717) is 16.8 Å². The summed E-state index contributed by atoms with van der Waals surface area (Å²) in [6.07, 6.45) is 0. The van der Waals surface area contributed by atoms with Crippen LogP contribution in [0, 0.1) is 11.6 Å². The lowest BCUT2D eigenvalue weighted by Gasteiger charge is -2.14. The number of nitrogen functional groups attached to an aromatic ring is 1. The van der Waals surface area contributed by atoms with Gasteiger partial charge in [0.1, 0.15) is 18.3 Å². The molecule has 108 valence electrons. The van der Waals surface area contributed by atoms with E-state index < -0.39 is 24.2 Å². The number of aromatic nitrogens is 2. The molecule has 1 aromatic heterocycles. The summed E-state index contributed by atoms with van der Waals surface area (Å²) in [6, 6.07) is 8.11. The average molecular weight is 291 g/mol. The second kappa shape index (κ2) is 5.12. The molecular weight excluding hydrogens is 279 g/mol. The number of nitrogens with two attached hydrogens (primary N) is 1. The number of nitrogens with one attached hydrogen (secondary N) is 1. The summed E-state index contributed by atoms with van der Waals surface area (Å²) in [4.78, 5) is 0. The Hall–Kier alpha value is -2.50. The molecule has 0 bridgehead atoms. The van der Waals surface area contributed by atoms with Gasteiger partial charge in [0.25, 0.3) is 0 Å². The molecule has 3 N–H and O–H groups in total. The van der Waals surface area contributed by atoms with E-state index in [2.05, 4.69) is 10.2 Å². The molecule has 0 aliphatic carbocycles. The van der Waals surface area contributed by atoms with Gasteiger partial charge >= 0.3 is 0 Å². The summed E-state index contributed by atoms with van der Waals surface area (Å²) in [6.45, 7) is -0.772. The van der Waals surface area contributed by atoms with Gasteiger partial charge in [0.05, 0.1) is 5.52 Å². The minimum absolute atomic E-state index is 0.247. The molecular formula is C15H12F3N3. The molecule has 3 rings (SSSR count). The molecule has 2 aromatic carbocycles. The van der Waals surface area contributed by atoms with E-state index in [9.17, 15) is 13.2 Å². The van der Waals surface area contributed by atoms with E-state index in [1.54, 1.807) is 18.2 Å². The van der Waals surface area contributed by atoms with Crippen molar-refractivity contribution in [2.75, 3.05) is 12.4 Å². The molecule has 0 saturated heterocycles. The monoisotopic (exact) mass is 291 g/mol. The van der Waals surface area contributed by atoms with Gasteiger partial charge in [-0.05, 0) is 35.4 Å². The summed E-state index contributed by atoms with van der Waals surface area (Å²) in [5, 5.41) is 7.26. The lowest BCUT2D eigenvalue weighted by molar-refractivity contribution is 0.458. The molecule has 0 radical (unpaired) electrons. The largest absolute Gasteiger partial charge is 0.382 e. The molecule has 0 saturated carbocycles. The highest BCUT2D eigenvalue weighted by molar-refractivity contribution is 5.89. The van der Waals surface area contributed by atoms with Gasteiger partial charge in [-0.15, -0.1) is 0 Å². The molecule has 0 fully saturated rings. The predicted octanol–water partition coefficient (Wildman–Crippen LogP) is 3.52. The Morgan fingerprint density at radius 3 is 2.43 bits per heavy atom. The second-order valence-corrected chi connectivity index (χ2v) is 4.82. The lowest BCUT2D eigenvalue weighted by atomic mass is 9.91. The van der Waals surface area contributed by atoms with Crippen LogP contribution in [-0.2, 0) is 0 Å². The number of H-pyrrole nitrogens is 1. The summed E-state index contributed by atoms with van der Waals surface area (Å²) < 4.78 is 40.0. The highest BCUT2D eigenvalue weighted by Crippen LogP contribution is 2.30. The number of rotatable bonds is 3. The summed E-state index contributed by atoms with van der Waals surface area (Å²) in [7, 11) is 0. The van der Waals surface area contributed by atoms with Crippen LogP contribution in [-0.4, -0.2) is 16.9 Å². The van der Waals surface area contributed by atoms with Gasteiger partial charge in [-0.25, -0.2) is 8.78 Å². The second-order valence-electron chi connectivity index (χ2n) is 4.82. The average Bonchev–Trinajstić information content (AvgIpc) is 2.80. The van der Waals surface area contributed by atoms with E-state index >= 15 is 0 Å². The molecule has 3 aromatic rings.